The summed E-state index contributed by atoms with van der Waals surface area (Å²) in [5.74, 6) is 0.352. The molecule has 2 nitrogen and oxygen atoms in total. The molecule has 0 unspecified atom stereocenters. The lowest BCUT2D eigenvalue weighted by Gasteiger charge is -2.34. The Morgan fingerprint density at radius 3 is 1.88 bits per heavy atom. The van der Waals surface area contributed by atoms with Gasteiger partial charge in [0.15, 0.2) is 0 Å². The predicted octanol–water partition coefficient (Wildman–Crippen LogP) is 4.38. The van der Waals surface area contributed by atoms with Crippen molar-refractivity contribution in [2.24, 2.45) is 0 Å². The maximum atomic E-state index is 12.2. The van der Waals surface area contributed by atoms with Gasteiger partial charge in [0.1, 0.15) is 0 Å². The zero-order valence-electron chi connectivity index (χ0n) is 12.5. The van der Waals surface area contributed by atoms with Gasteiger partial charge in [0, 0.05) is 18.5 Å². The fourth-order valence-corrected chi connectivity index (χ4v) is 2.15. The number of amides is 1. The Bertz CT molecular complexity index is 193. The number of unbranched alkanes of at least 4 members (excludes halogenated alkanes) is 3. The highest BCUT2D eigenvalue weighted by Crippen LogP contribution is 2.15. The minimum Gasteiger partial charge on any atom is -0.337 e. The fraction of sp³-hybridized carbons (Fsp3) is 0.933. The van der Waals surface area contributed by atoms with Crippen LogP contribution in [0.25, 0.3) is 0 Å². The van der Waals surface area contributed by atoms with Crippen molar-refractivity contribution in [2.75, 3.05) is 0 Å². The van der Waals surface area contributed by atoms with Gasteiger partial charge < -0.3 is 4.90 Å². The first-order valence-corrected chi connectivity index (χ1v) is 7.39. The van der Waals surface area contributed by atoms with E-state index >= 15 is 0 Å². The van der Waals surface area contributed by atoms with Gasteiger partial charge in [-0.15, -0.1) is 0 Å². The molecule has 0 aromatic rings. The van der Waals surface area contributed by atoms with Crippen molar-refractivity contribution < 1.29 is 4.79 Å². The third-order valence-corrected chi connectivity index (χ3v) is 3.66. The van der Waals surface area contributed by atoms with E-state index in [0.717, 1.165) is 25.7 Å². The van der Waals surface area contributed by atoms with Gasteiger partial charge in [0.05, 0.1) is 0 Å². The summed E-state index contributed by atoms with van der Waals surface area (Å²) in [6.45, 7) is 10.8. The largest absolute Gasteiger partial charge is 0.337 e. The van der Waals surface area contributed by atoms with Crippen LogP contribution in [0, 0.1) is 0 Å². The Hall–Kier alpha value is -0.530. The second-order valence-corrected chi connectivity index (χ2v) is 5.13. The SMILES string of the molecule is CCCCCCC(=O)N([C@@H](C)CC)[C@@H](C)CC. The summed E-state index contributed by atoms with van der Waals surface area (Å²) in [5.41, 5.74) is 0. The fourth-order valence-electron chi connectivity index (χ4n) is 2.15. The van der Waals surface area contributed by atoms with Gasteiger partial charge in [-0.1, -0.05) is 40.0 Å². The Balaban J connectivity index is 4.23. The zero-order valence-corrected chi connectivity index (χ0v) is 12.5. The molecule has 0 aromatic carbocycles. The minimum atomic E-state index is 0.352. The maximum Gasteiger partial charge on any atom is 0.223 e. The van der Waals surface area contributed by atoms with Crippen LogP contribution in [0.3, 0.4) is 0 Å². The molecule has 102 valence electrons. The highest BCUT2D eigenvalue weighted by molar-refractivity contribution is 5.76. The first-order chi connectivity index (χ1) is 8.08. The van der Waals surface area contributed by atoms with E-state index < -0.39 is 0 Å². The maximum absolute atomic E-state index is 12.2. The molecular formula is C15H31NO. The van der Waals surface area contributed by atoms with E-state index in [2.05, 4.69) is 39.5 Å². The predicted molar refractivity (Wildman–Crippen MR) is 75.1 cm³/mol. The number of carbonyl (C=O) groups excluding carboxylic acids is 1. The van der Waals surface area contributed by atoms with Crippen LogP contribution in [0.5, 0.6) is 0 Å². The lowest BCUT2D eigenvalue weighted by atomic mass is 10.1. The van der Waals surface area contributed by atoms with Gasteiger partial charge in [-0.25, -0.2) is 0 Å². The monoisotopic (exact) mass is 241 g/mol. The summed E-state index contributed by atoms with van der Waals surface area (Å²) >= 11 is 0. The van der Waals surface area contributed by atoms with Gasteiger partial charge in [0.25, 0.3) is 0 Å². The number of carbonyl (C=O) groups is 1. The number of rotatable bonds is 9. The van der Waals surface area contributed by atoms with Crippen molar-refractivity contribution in [3.8, 4) is 0 Å². The Labute approximate surface area is 108 Å². The zero-order chi connectivity index (χ0) is 13.3. The molecule has 0 heterocycles. The summed E-state index contributed by atoms with van der Waals surface area (Å²) in [4.78, 5) is 14.3. The van der Waals surface area contributed by atoms with Crippen LogP contribution in [0.1, 0.15) is 79.6 Å². The highest BCUT2D eigenvalue weighted by Gasteiger charge is 2.22. The molecule has 0 N–H and O–H groups in total. The lowest BCUT2D eigenvalue weighted by molar-refractivity contribution is -0.135. The topological polar surface area (TPSA) is 20.3 Å². The van der Waals surface area contributed by atoms with Crippen LogP contribution in [-0.4, -0.2) is 22.9 Å². The quantitative estimate of drug-likeness (QED) is 0.548. The summed E-state index contributed by atoms with van der Waals surface area (Å²) in [6, 6.07) is 0.757. The second-order valence-electron chi connectivity index (χ2n) is 5.13. The van der Waals surface area contributed by atoms with Crippen LogP contribution in [0.2, 0.25) is 0 Å². The van der Waals surface area contributed by atoms with E-state index in [4.69, 9.17) is 0 Å². The number of hydrogen-bond donors (Lipinski definition) is 0. The van der Waals surface area contributed by atoms with Crippen LogP contribution >= 0.6 is 0 Å². The number of hydrogen-bond acceptors (Lipinski definition) is 1. The second kappa shape index (κ2) is 9.49. The van der Waals surface area contributed by atoms with Gasteiger partial charge >= 0.3 is 0 Å². The van der Waals surface area contributed by atoms with Crippen LogP contribution in [-0.2, 0) is 4.79 Å². The van der Waals surface area contributed by atoms with Crippen LogP contribution in [0.15, 0.2) is 0 Å². The van der Waals surface area contributed by atoms with Gasteiger partial charge in [-0.05, 0) is 33.1 Å². The van der Waals surface area contributed by atoms with Crippen molar-refractivity contribution in [3.63, 3.8) is 0 Å². The first-order valence-electron chi connectivity index (χ1n) is 7.39. The molecule has 0 radical (unpaired) electrons. The van der Waals surface area contributed by atoms with Crippen molar-refractivity contribution in [1.29, 1.82) is 0 Å². The molecule has 0 aliphatic rings. The standard InChI is InChI=1S/C15H31NO/c1-6-9-10-11-12-15(17)16(13(4)7-2)14(5)8-3/h13-14H,6-12H2,1-5H3/t13-,14-/m0/s1. The van der Waals surface area contributed by atoms with Crippen molar-refractivity contribution in [3.05, 3.63) is 0 Å². The molecule has 2 atom stereocenters. The third-order valence-electron chi connectivity index (χ3n) is 3.66. The highest BCUT2D eigenvalue weighted by atomic mass is 16.2. The van der Waals surface area contributed by atoms with Crippen molar-refractivity contribution in [1.82, 2.24) is 4.90 Å². The molecule has 0 aliphatic carbocycles. The Morgan fingerprint density at radius 2 is 1.47 bits per heavy atom. The third kappa shape index (κ3) is 6.09. The Kier molecular flexibility index (Phi) is 9.20. The molecule has 2 heteroatoms. The van der Waals surface area contributed by atoms with E-state index in [1.54, 1.807) is 0 Å². The molecule has 0 spiro atoms. The molecular weight excluding hydrogens is 210 g/mol. The molecule has 0 saturated heterocycles. The Morgan fingerprint density at radius 1 is 0.941 bits per heavy atom. The summed E-state index contributed by atoms with van der Waals surface area (Å²) < 4.78 is 0. The molecule has 0 bridgehead atoms. The molecule has 0 rings (SSSR count). The lowest BCUT2D eigenvalue weighted by Crippen LogP contribution is -2.44. The average molecular weight is 241 g/mol. The smallest absolute Gasteiger partial charge is 0.223 e. The molecule has 0 aromatic heterocycles. The van der Waals surface area contributed by atoms with Gasteiger partial charge in [0.2, 0.25) is 5.91 Å². The summed E-state index contributed by atoms with van der Waals surface area (Å²) in [5, 5.41) is 0. The summed E-state index contributed by atoms with van der Waals surface area (Å²) in [6.07, 6.45) is 7.55. The first kappa shape index (κ1) is 16.5. The van der Waals surface area contributed by atoms with Gasteiger partial charge in [-0.2, -0.15) is 0 Å². The number of nitrogens with zero attached hydrogens (tertiary/aromatic N) is 1. The van der Waals surface area contributed by atoms with Gasteiger partial charge in [-0.3, -0.25) is 4.79 Å². The van der Waals surface area contributed by atoms with Crippen LogP contribution < -0.4 is 0 Å². The molecule has 17 heavy (non-hydrogen) atoms. The van der Waals surface area contributed by atoms with E-state index in [0.29, 0.717) is 18.0 Å². The van der Waals surface area contributed by atoms with Crippen molar-refractivity contribution in [2.45, 2.75) is 91.6 Å². The normalized spacial score (nSPS) is 14.4. The van der Waals surface area contributed by atoms with E-state index in [1.807, 2.05) is 0 Å². The van der Waals surface area contributed by atoms with E-state index in [1.165, 1.54) is 19.3 Å². The average Bonchev–Trinajstić information content (AvgIpc) is 2.34. The molecule has 0 fully saturated rings. The van der Waals surface area contributed by atoms with E-state index in [-0.39, 0.29) is 0 Å². The summed E-state index contributed by atoms with van der Waals surface area (Å²) in [7, 11) is 0. The molecule has 1 amide bonds. The minimum absolute atomic E-state index is 0.352. The van der Waals surface area contributed by atoms with E-state index in [9.17, 15) is 4.79 Å². The molecule has 0 saturated carbocycles. The van der Waals surface area contributed by atoms with Crippen molar-refractivity contribution >= 4 is 5.91 Å². The molecule has 0 aliphatic heterocycles. The van der Waals surface area contributed by atoms with Crippen LogP contribution in [0.4, 0.5) is 0 Å².